The number of imidazole rings is 1. The molecule has 0 aliphatic rings. The molecule has 0 saturated carbocycles. The number of aromatic nitrogens is 4. The summed E-state index contributed by atoms with van der Waals surface area (Å²) in [5, 5.41) is 0.523. The first-order chi connectivity index (χ1) is 20.6. The number of nitrogens with one attached hydrogen (secondary N) is 1. The van der Waals surface area contributed by atoms with E-state index in [-0.39, 0.29) is 22.4 Å². The van der Waals surface area contributed by atoms with Gasteiger partial charge in [-0.2, -0.15) is 0 Å². The van der Waals surface area contributed by atoms with E-state index in [0.29, 0.717) is 40.0 Å². The van der Waals surface area contributed by atoms with Crippen molar-refractivity contribution in [2.45, 2.75) is 13.5 Å². The van der Waals surface area contributed by atoms with Gasteiger partial charge in [0.05, 0.1) is 17.6 Å². The summed E-state index contributed by atoms with van der Waals surface area (Å²) in [5.74, 6) is 0.358. The number of halogens is 1. The van der Waals surface area contributed by atoms with E-state index in [1.54, 1.807) is 48.5 Å². The molecule has 0 spiro atoms. The summed E-state index contributed by atoms with van der Waals surface area (Å²) in [7, 11) is -3.38. The highest BCUT2D eigenvalue weighted by atomic mass is 35.5. The average molecular weight is 612 g/mol. The first kappa shape index (κ1) is 28.2. The van der Waals surface area contributed by atoms with E-state index in [9.17, 15) is 18.0 Å². The number of sulfonamides is 1. The molecule has 0 radical (unpaired) electrons. The second-order valence-electron chi connectivity index (χ2n) is 9.95. The van der Waals surface area contributed by atoms with Crippen LogP contribution >= 0.6 is 11.6 Å². The van der Waals surface area contributed by atoms with Crippen LogP contribution in [0.15, 0.2) is 113 Å². The summed E-state index contributed by atoms with van der Waals surface area (Å²) >= 11 is 6.16. The lowest BCUT2D eigenvalue weighted by molar-refractivity contribution is 0.607. The minimum absolute atomic E-state index is 0.203. The van der Waals surface area contributed by atoms with Crippen molar-refractivity contribution >= 4 is 38.5 Å². The highest BCUT2D eigenvalue weighted by molar-refractivity contribution is 7.92. The number of anilines is 1. The third-order valence-electron chi connectivity index (χ3n) is 7.03. The van der Waals surface area contributed by atoms with Gasteiger partial charge in [0.1, 0.15) is 5.82 Å². The molecule has 2 aromatic heterocycles. The molecule has 0 atom stereocenters. The fourth-order valence-corrected chi connectivity index (χ4v) is 5.77. The monoisotopic (exact) mass is 611 g/mol. The normalized spacial score (nSPS) is 11.6. The number of para-hydroxylation sites is 1. The molecule has 0 unspecified atom stereocenters. The van der Waals surface area contributed by atoms with Gasteiger partial charge < -0.3 is 0 Å². The van der Waals surface area contributed by atoms with E-state index in [0.717, 1.165) is 17.4 Å². The van der Waals surface area contributed by atoms with E-state index in [1.807, 2.05) is 61.5 Å². The van der Waals surface area contributed by atoms with E-state index in [4.69, 9.17) is 16.6 Å². The lowest BCUT2D eigenvalue weighted by Crippen LogP contribution is -2.26. The molecule has 0 aliphatic carbocycles. The fourth-order valence-electron chi connectivity index (χ4n) is 5.08. The van der Waals surface area contributed by atoms with Crippen LogP contribution in [0.1, 0.15) is 6.92 Å². The van der Waals surface area contributed by atoms with E-state index in [1.165, 1.54) is 13.7 Å². The summed E-state index contributed by atoms with van der Waals surface area (Å²) in [5.41, 5.74) is 3.79. The van der Waals surface area contributed by atoms with E-state index >= 15 is 0 Å². The molecule has 216 valence electrons. The summed E-state index contributed by atoms with van der Waals surface area (Å²) in [6.45, 7) is 2.11. The maximum absolute atomic E-state index is 14.3. The second kappa shape index (κ2) is 11.0. The van der Waals surface area contributed by atoms with Gasteiger partial charge in [0.15, 0.2) is 11.2 Å². The molecule has 9 nitrogen and oxygen atoms in total. The van der Waals surface area contributed by atoms with Crippen molar-refractivity contribution in [1.82, 2.24) is 18.7 Å². The van der Waals surface area contributed by atoms with Crippen molar-refractivity contribution in [3.8, 4) is 33.9 Å². The fraction of sp³-hybridized carbons (Fsp3) is 0.0938. The SMILES string of the molecule is CCn1c(=O)n(-c2ccccc2)c2nc(-c3ccc(-c4ccc(NS(C)(=O)=O)cc4)cc3)n(-c3ccc(Cl)cc3)c(=O)c21. The van der Waals surface area contributed by atoms with Crippen molar-refractivity contribution in [3.05, 3.63) is 129 Å². The number of hydrogen-bond acceptors (Lipinski definition) is 5. The van der Waals surface area contributed by atoms with Crippen molar-refractivity contribution in [2.75, 3.05) is 11.0 Å². The van der Waals surface area contributed by atoms with Gasteiger partial charge in [-0.05, 0) is 66.6 Å². The molecule has 2 heterocycles. The van der Waals surface area contributed by atoms with Gasteiger partial charge in [-0.15, -0.1) is 0 Å². The predicted octanol–water partition coefficient (Wildman–Crippen LogP) is 5.72. The Morgan fingerprint density at radius 1 is 0.744 bits per heavy atom. The van der Waals surface area contributed by atoms with Crippen LogP contribution in [-0.2, 0) is 16.6 Å². The third-order valence-corrected chi connectivity index (χ3v) is 7.88. The first-order valence-electron chi connectivity index (χ1n) is 13.4. The number of rotatable bonds is 7. The Hall–Kier alpha value is -4.93. The Balaban J connectivity index is 1.55. The Labute approximate surface area is 252 Å². The molecule has 0 bridgehead atoms. The van der Waals surface area contributed by atoms with Crippen LogP contribution in [0.5, 0.6) is 0 Å². The predicted molar refractivity (Wildman–Crippen MR) is 171 cm³/mol. The molecular weight excluding hydrogens is 586 g/mol. The van der Waals surface area contributed by atoms with Crippen molar-refractivity contribution in [2.24, 2.45) is 0 Å². The maximum Gasteiger partial charge on any atom is 0.335 e. The molecule has 6 rings (SSSR count). The van der Waals surface area contributed by atoms with Crippen LogP contribution in [0, 0.1) is 0 Å². The quantitative estimate of drug-likeness (QED) is 0.249. The smallest absolute Gasteiger partial charge is 0.286 e. The largest absolute Gasteiger partial charge is 0.335 e. The topological polar surface area (TPSA) is 108 Å². The molecule has 43 heavy (non-hydrogen) atoms. The molecule has 11 heteroatoms. The highest BCUT2D eigenvalue weighted by Crippen LogP contribution is 2.28. The molecule has 4 aromatic carbocycles. The number of hydrogen-bond donors (Lipinski definition) is 1. The molecule has 0 aliphatic heterocycles. The summed E-state index contributed by atoms with van der Waals surface area (Å²) in [6.07, 6.45) is 1.10. The van der Waals surface area contributed by atoms with Crippen molar-refractivity contribution in [1.29, 1.82) is 0 Å². The number of aryl methyl sites for hydroxylation is 1. The van der Waals surface area contributed by atoms with Crippen LogP contribution in [0.2, 0.25) is 5.02 Å². The van der Waals surface area contributed by atoms with Crippen molar-refractivity contribution < 1.29 is 8.42 Å². The first-order valence-corrected chi connectivity index (χ1v) is 15.7. The van der Waals surface area contributed by atoms with Gasteiger partial charge in [0.2, 0.25) is 10.0 Å². The average Bonchev–Trinajstić information content (AvgIpc) is 3.29. The van der Waals surface area contributed by atoms with Crippen LogP contribution < -0.4 is 16.0 Å². The molecule has 6 aromatic rings. The van der Waals surface area contributed by atoms with Gasteiger partial charge in [-0.25, -0.2) is 22.8 Å². The van der Waals surface area contributed by atoms with E-state index < -0.39 is 10.0 Å². The standard InChI is InChI=1S/C32H26ClN5O4S/c1-3-36-28-30(38(32(36)40)26-7-5-4-6-8-26)34-29(37(31(28)39)27-19-15-24(33)16-20-27)23-11-9-21(10-12-23)22-13-17-25(18-14-22)35-43(2,41)42/h4-20,35H,3H2,1-2H3. The molecular formula is C32H26ClN5O4S. The lowest BCUT2D eigenvalue weighted by Gasteiger charge is -2.14. The molecule has 0 fully saturated rings. The molecule has 1 N–H and O–H groups in total. The highest BCUT2D eigenvalue weighted by Gasteiger charge is 2.23. The number of benzene rings is 4. The Kier molecular flexibility index (Phi) is 7.25. The minimum Gasteiger partial charge on any atom is -0.286 e. The second-order valence-corrected chi connectivity index (χ2v) is 12.1. The Morgan fingerprint density at radius 3 is 1.88 bits per heavy atom. The van der Waals surface area contributed by atoms with E-state index in [2.05, 4.69) is 4.72 Å². The summed E-state index contributed by atoms with van der Waals surface area (Å²) in [6, 6.07) is 30.6. The van der Waals surface area contributed by atoms with Crippen LogP contribution in [0.25, 0.3) is 45.1 Å². The van der Waals surface area contributed by atoms with Gasteiger partial charge in [0.25, 0.3) is 5.56 Å². The summed E-state index contributed by atoms with van der Waals surface area (Å²) < 4.78 is 30.0. The maximum atomic E-state index is 14.3. The zero-order valence-corrected chi connectivity index (χ0v) is 24.8. The van der Waals surface area contributed by atoms with Gasteiger partial charge in [-0.3, -0.25) is 18.7 Å². The zero-order chi connectivity index (χ0) is 30.3. The Bertz CT molecular complexity index is 2190. The minimum atomic E-state index is -3.38. The van der Waals surface area contributed by atoms with Crippen LogP contribution in [-0.4, -0.2) is 33.4 Å². The number of fused-ring (bicyclic) bond motifs is 1. The van der Waals surface area contributed by atoms with Crippen LogP contribution in [0.3, 0.4) is 0 Å². The third kappa shape index (κ3) is 5.38. The molecule has 0 saturated heterocycles. The lowest BCUT2D eigenvalue weighted by atomic mass is 10.0. The Morgan fingerprint density at radius 2 is 1.30 bits per heavy atom. The molecule has 0 amide bonds. The number of nitrogens with zero attached hydrogens (tertiary/aromatic N) is 4. The van der Waals surface area contributed by atoms with Crippen LogP contribution in [0.4, 0.5) is 5.69 Å². The zero-order valence-electron chi connectivity index (χ0n) is 23.2. The van der Waals surface area contributed by atoms with Gasteiger partial charge in [-0.1, -0.05) is 66.2 Å². The van der Waals surface area contributed by atoms with Crippen molar-refractivity contribution in [3.63, 3.8) is 0 Å². The van der Waals surface area contributed by atoms with Gasteiger partial charge >= 0.3 is 5.69 Å². The summed E-state index contributed by atoms with van der Waals surface area (Å²) in [4.78, 5) is 32.8. The van der Waals surface area contributed by atoms with Gasteiger partial charge in [0, 0.05) is 22.8 Å².